The van der Waals surface area contributed by atoms with E-state index in [-0.39, 0.29) is 0 Å². The van der Waals surface area contributed by atoms with Crippen molar-refractivity contribution in [2.75, 3.05) is 18.4 Å². The Balaban J connectivity index is 1.56. The molecule has 3 aromatic heterocycles. The van der Waals surface area contributed by atoms with Gasteiger partial charge >= 0.3 is 0 Å². The predicted octanol–water partition coefficient (Wildman–Crippen LogP) is 0.961. The van der Waals surface area contributed by atoms with Crippen LogP contribution in [0.25, 0.3) is 11.3 Å². The maximum Gasteiger partial charge on any atom is 0.227 e. The van der Waals surface area contributed by atoms with Gasteiger partial charge in [-0.05, 0) is 6.07 Å². The summed E-state index contributed by atoms with van der Waals surface area (Å²) >= 11 is 0. The highest BCUT2D eigenvalue weighted by molar-refractivity contribution is 5.60. The van der Waals surface area contributed by atoms with E-state index >= 15 is 0 Å². The SMILES string of the molecule is Cn1cc(Nc2nccc(-c3cnn(C4CNC4)c3)n2)cn1. The normalized spacial score (nSPS) is 14.8. The van der Waals surface area contributed by atoms with Crippen molar-refractivity contribution in [3.05, 3.63) is 37.1 Å². The minimum atomic E-state index is 0.448. The molecule has 4 heterocycles. The molecule has 3 aromatic rings. The van der Waals surface area contributed by atoms with Crippen molar-refractivity contribution in [2.45, 2.75) is 6.04 Å². The van der Waals surface area contributed by atoms with Gasteiger partial charge in [-0.3, -0.25) is 9.36 Å². The fourth-order valence-electron chi connectivity index (χ4n) is 2.33. The number of aromatic nitrogens is 6. The van der Waals surface area contributed by atoms with Gasteiger partial charge in [-0.1, -0.05) is 0 Å². The van der Waals surface area contributed by atoms with Gasteiger partial charge in [0.2, 0.25) is 5.95 Å². The highest BCUT2D eigenvalue weighted by Gasteiger charge is 2.19. The average molecular weight is 296 g/mol. The van der Waals surface area contributed by atoms with Crippen molar-refractivity contribution >= 4 is 11.6 Å². The maximum absolute atomic E-state index is 4.54. The van der Waals surface area contributed by atoms with Crippen LogP contribution in [0.1, 0.15) is 6.04 Å². The summed E-state index contributed by atoms with van der Waals surface area (Å²) in [7, 11) is 1.87. The quantitative estimate of drug-likeness (QED) is 0.746. The first-order valence-corrected chi connectivity index (χ1v) is 7.12. The van der Waals surface area contributed by atoms with Gasteiger partial charge in [0.15, 0.2) is 0 Å². The second-order valence-electron chi connectivity index (χ2n) is 5.31. The van der Waals surface area contributed by atoms with Crippen LogP contribution >= 0.6 is 0 Å². The van der Waals surface area contributed by atoms with Gasteiger partial charge in [-0.15, -0.1) is 0 Å². The molecule has 0 bridgehead atoms. The summed E-state index contributed by atoms with van der Waals surface area (Å²) in [5, 5.41) is 14.9. The second-order valence-corrected chi connectivity index (χ2v) is 5.31. The Morgan fingerprint density at radius 2 is 2.14 bits per heavy atom. The molecular weight excluding hydrogens is 280 g/mol. The molecule has 1 aliphatic heterocycles. The van der Waals surface area contributed by atoms with Crippen LogP contribution in [0.3, 0.4) is 0 Å². The third-order valence-electron chi connectivity index (χ3n) is 3.65. The summed E-state index contributed by atoms with van der Waals surface area (Å²) in [6.45, 7) is 1.94. The third kappa shape index (κ3) is 2.44. The van der Waals surface area contributed by atoms with Crippen LogP contribution in [0.5, 0.6) is 0 Å². The van der Waals surface area contributed by atoms with Crippen molar-refractivity contribution < 1.29 is 0 Å². The Hall–Kier alpha value is -2.74. The van der Waals surface area contributed by atoms with Gasteiger partial charge in [0.1, 0.15) is 0 Å². The lowest BCUT2D eigenvalue weighted by Gasteiger charge is -2.27. The molecule has 8 heteroatoms. The average Bonchev–Trinajstić information content (AvgIpc) is 3.07. The zero-order chi connectivity index (χ0) is 14.9. The minimum Gasteiger partial charge on any atom is -0.321 e. The maximum atomic E-state index is 4.54. The number of nitrogens with zero attached hydrogens (tertiary/aromatic N) is 6. The molecule has 1 aliphatic rings. The molecule has 0 radical (unpaired) electrons. The van der Waals surface area contributed by atoms with Crippen molar-refractivity contribution in [3.8, 4) is 11.3 Å². The lowest BCUT2D eigenvalue weighted by Crippen LogP contribution is -2.43. The highest BCUT2D eigenvalue weighted by atomic mass is 15.3. The zero-order valence-electron chi connectivity index (χ0n) is 12.1. The number of aryl methyl sites for hydroxylation is 1. The van der Waals surface area contributed by atoms with Crippen LogP contribution in [0.4, 0.5) is 11.6 Å². The molecule has 0 aromatic carbocycles. The Morgan fingerprint density at radius 1 is 1.23 bits per heavy atom. The van der Waals surface area contributed by atoms with E-state index in [1.807, 2.05) is 36.4 Å². The molecule has 1 saturated heterocycles. The fourth-order valence-corrected chi connectivity index (χ4v) is 2.33. The molecular formula is C14H16N8. The molecule has 22 heavy (non-hydrogen) atoms. The van der Waals surface area contributed by atoms with Crippen LogP contribution in [0.15, 0.2) is 37.1 Å². The Morgan fingerprint density at radius 3 is 2.86 bits per heavy atom. The topological polar surface area (TPSA) is 85.5 Å². The summed E-state index contributed by atoms with van der Waals surface area (Å²) in [5.41, 5.74) is 2.69. The van der Waals surface area contributed by atoms with Crippen LogP contribution in [0, 0.1) is 0 Å². The summed E-state index contributed by atoms with van der Waals surface area (Å²) in [6.07, 6.45) is 9.22. The van der Waals surface area contributed by atoms with E-state index in [0.29, 0.717) is 12.0 Å². The molecule has 0 atom stereocenters. The lowest BCUT2D eigenvalue weighted by molar-refractivity contribution is 0.318. The molecule has 0 aliphatic carbocycles. The standard InChI is InChI=1S/C14H16N8/c1-21-9-11(5-17-21)19-14-16-3-2-13(20-14)10-4-18-22(8-10)12-6-15-7-12/h2-5,8-9,12,15H,6-7H2,1H3,(H,16,19,20). The van der Waals surface area contributed by atoms with Crippen LogP contribution in [-0.4, -0.2) is 42.6 Å². The molecule has 0 amide bonds. The van der Waals surface area contributed by atoms with E-state index in [0.717, 1.165) is 30.0 Å². The summed E-state index contributed by atoms with van der Waals surface area (Å²) in [5.74, 6) is 0.545. The van der Waals surface area contributed by atoms with Crippen LogP contribution < -0.4 is 10.6 Å². The van der Waals surface area contributed by atoms with Gasteiger partial charge in [-0.2, -0.15) is 10.2 Å². The van der Waals surface area contributed by atoms with E-state index in [2.05, 4.69) is 30.8 Å². The molecule has 8 nitrogen and oxygen atoms in total. The van der Waals surface area contributed by atoms with Gasteiger partial charge in [-0.25, -0.2) is 9.97 Å². The van der Waals surface area contributed by atoms with Gasteiger partial charge in [0.05, 0.1) is 29.8 Å². The first-order valence-electron chi connectivity index (χ1n) is 7.12. The van der Waals surface area contributed by atoms with E-state index in [1.165, 1.54) is 0 Å². The minimum absolute atomic E-state index is 0.448. The lowest BCUT2D eigenvalue weighted by atomic mass is 10.2. The number of hydrogen-bond donors (Lipinski definition) is 2. The Labute approximate surface area is 127 Å². The number of nitrogens with one attached hydrogen (secondary N) is 2. The third-order valence-corrected chi connectivity index (χ3v) is 3.65. The Kier molecular flexibility index (Phi) is 3.08. The van der Waals surface area contributed by atoms with Crippen molar-refractivity contribution in [1.82, 2.24) is 34.8 Å². The number of rotatable bonds is 4. The van der Waals surface area contributed by atoms with Gasteiger partial charge < -0.3 is 10.6 Å². The highest BCUT2D eigenvalue weighted by Crippen LogP contribution is 2.21. The van der Waals surface area contributed by atoms with Gasteiger partial charge in [0.25, 0.3) is 0 Å². The molecule has 4 rings (SSSR count). The second kappa shape index (κ2) is 5.23. The molecule has 112 valence electrons. The first-order chi connectivity index (χ1) is 10.8. The summed E-state index contributed by atoms with van der Waals surface area (Å²) in [4.78, 5) is 8.78. The van der Waals surface area contributed by atoms with E-state index in [9.17, 15) is 0 Å². The van der Waals surface area contributed by atoms with E-state index in [1.54, 1.807) is 17.1 Å². The van der Waals surface area contributed by atoms with Crippen LogP contribution in [0.2, 0.25) is 0 Å². The summed E-state index contributed by atoms with van der Waals surface area (Å²) < 4.78 is 3.71. The first kappa shape index (κ1) is 13.0. The zero-order valence-corrected chi connectivity index (χ0v) is 12.1. The van der Waals surface area contributed by atoms with E-state index in [4.69, 9.17) is 0 Å². The van der Waals surface area contributed by atoms with Crippen LogP contribution in [-0.2, 0) is 7.05 Å². The fraction of sp³-hybridized carbons (Fsp3) is 0.286. The number of hydrogen-bond acceptors (Lipinski definition) is 6. The number of anilines is 2. The monoisotopic (exact) mass is 296 g/mol. The molecule has 1 fully saturated rings. The molecule has 0 unspecified atom stereocenters. The van der Waals surface area contributed by atoms with Crippen molar-refractivity contribution in [2.24, 2.45) is 7.05 Å². The van der Waals surface area contributed by atoms with E-state index < -0.39 is 0 Å². The predicted molar refractivity (Wildman–Crippen MR) is 81.7 cm³/mol. The molecule has 0 saturated carbocycles. The largest absolute Gasteiger partial charge is 0.321 e. The smallest absolute Gasteiger partial charge is 0.227 e. The Bertz CT molecular complexity index is 786. The summed E-state index contributed by atoms with van der Waals surface area (Å²) in [6, 6.07) is 2.33. The van der Waals surface area contributed by atoms with Crippen molar-refractivity contribution in [3.63, 3.8) is 0 Å². The molecule has 2 N–H and O–H groups in total. The molecule has 0 spiro atoms. The van der Waals surface area contributed by atoms with Gasteiger partial charge in [0, 0.05) is 44.3 Å². The van der Waals surface area contributed by atoms with Crippen molar-refractivity contribution in [1.29, 1.82) is 0 Å².